The third kappa shape index (κ3) is 1.40. The summed E-state index contributed by atoms with van der Waals surface area (Å²) in [6, 6.07) is 0. The summed E-state index contributed by atoms with van der Waals surface area (Å²) in [4.78, 5) is 0.451. The van der Waals surface area contributed by atoms with Gasteiger partial charge in [0, 0.05) is 14.4 Å². The Hall–Kier alpha value is -0.515. The molecule has 1 heterocycles. The molecule has 0 bridgehead atoms. The predicted molar refractivity (Wildman–Crippen MR) is 47.3 cm³/mol. The highest BCUT2D eigenvalue weighted by molar-refractivity contribution is 8.06. The molecule has 3 nitrogen and oxygen atoms in total. The van der Waals surface area contributed by atoms with E-state index in [4.69, 9.17) is 10.0 Å². The van der Waals surface area contributed by atoms with Crippen molar-refractivity contribution >= 4 is 22.5 Å². The minimum Gasteiger partial charge on any atom is -0.423 e. The third-order valence-corrected chi connectivity index (χ3v) is 3.52. The topological polar surface area (TPSA) is 57.5 Å². The smallest absolute Gasteiger partial charge is 0.423 e. The summed E-state index contributed by atoms with van der Waals surface area (Å²) in [5, 5.41) is 18.9. The van der Waals surface area contributed by atoms with Crippen LogP contribution in [0.3, 0.4) is 0 Å². The summed E-state index contributed by atoms with van der Waals surface area (Å²) >= 11 is 0. The van der Waals surface area contributed by atoms with Crippen molar-refractivity contribution in [2.75, 3.05) is 0 Å². The van der Waals surface area contributed by atoms with Crippen molar-refractivity contribution in [2.45, 2.75) is 6.92 Å². The molecule has 0 aromatic rings. The van der Waals surface area contributed by atoms with E-state index in [2.05, 4.69) is 5.87 Å². The summed E-state index contributed by atoms with van der Waals surface area (Å²) < 4.78 is 11.4. The zero-order chi connectivity index (χ0) is 8.65. The first-order chi connectivity index (χ1) is 4.95. The van der Waals surface area contributed by atoms with Crippen LogP contribution < -0.4 is 0 Å². The van der Waals surface area contributed by atoms with Gasteiger partial charge in [-0.05, 0) is 23.7 Å². The molecule has 1 rings (SSSR count). The van der Waals surface area contributed by atoms with E-state index in [1.54, 1.807) is 6.92 Å². The minimum atomic E-state index is -2.34. The normalized spacial score (nSPS) is 29.7. The highest BCUT2D eigenvalue weighted by atomic mass is 32.2. The zero-order valence-electron chi connectivity index (χ0n) is 6.15. The van der Waals surface area contributed by atoms with Crippen molar-refractivity contribution in [3.8, 4) is 0 Å². The van der Waals surface area contributed by atoms with E-state index in [9.17, 15) is 4.21 Å². The molecule has 1 aliphatic rings. The number of hydrogen-bond donors (Lipinski definition) is 2. The van der Waals surface area contributed by atoms with Crippen LogP contribution in [0.4, 0.5) is 0 Å². The fourth-order valence-corrected chi connectivity index (χ4v) is 2.01. The van der Waals surface area contributed by atoms with Crippen LogP contribution in [-0.2, 0) is 9.52 Å². The molecular formula is C6H9BO3S. The minimum absolute atomic E-state index is 0.296. The van der Waals surface area contributed by atoms with Gasteiger partial charge in [0.25, 0.3) is 0 Å². The van der Waals surface area contributed by atoms with E-state index in [0.29, 0.717) is 10.4 Å². The van der Waals surface area contributed by atoms with Gasteiger partial charge in [0.15, 0.2) is 0 Å². The zero-order valence-corrected chi connectivity index (χ0v) is 6.97. The lowest BCUT2D eigenvalue weighted by molar-refractivity contribution is 0.420. The predicted octanol–water partition coefficient (Wildman–Crippen LogP) is -0.484. The van der Waals surface area contributed by atoms with Gasteiger partial charge in [-0.15, -0.1) is 0 Å². The van der Waals surface area contributed by atoms with Gasteiger partial charge in [-0.3, -0.25) is 4.21 Å². The lowest BCUT2D eigenvalue weighted by atomic mass is 9.79. The number of hydrogen-bond acceptors (Lipinski definition) is 3. The lowest BCUT2D eigenvalue weighted by Crippen LogP contribution is -2.14. The maximum atomic E-state index is 11.4. The van der Waals surface area contributed by atoms with Crippen LogP contribution in [0.15, 0.2) is 21.9 Å². The van der Waals surface area contributed by atoms with Gasteiger partial charge in [-0.1, -0.05) is 6.08 Å². The Morgan fingerprint density at radius 2 is 2.18 bits per heavy atom. The Kier molecular flexibility index (Phi) is 1.96. The van der Waals surface area contributed by atoms with Crippen molar-refractivity contribution in [1.29, 1.82) is 0 Å². The summed E-state index contributed by atoms with van der Waals surface area (Å²) in [6.45, 7) is 1.59. The van der Waals surface area contributed by atoms with Crippen LogP contribution in [-0.4, -0.2) is 27.2 Å². The fraction of sp³-hybridized carbons (Fsp3) is 0.167. The molecule has 11 heavy (non-hydrogen) atoms. The van der Waals surface area contributed by atoms with E-state index >= 15 is 0 Å². The largest absolute Gasteiger partial charge is 0.489 e. The van der Waals surface area contributed by atoms with Gasteiger partial charge in [0.1, 0.15) is 0 Å². The van der Waals surface area contributed by atoms with Crippen molar-refractivity contribution in [3.63, 3.8) is 0 Å². The molecule has 0 spiro atoms. The van der Waals surface area contributed by atoms with Crippen LogP contribution in [0.2, 0.25) is 0 Å². The Morgan fingerprint density at radius 1 is 1.64 bits per heavy atom. The molecule has 5 heteroatoms. The van der Waals surface area contributed by atoms with E-state index in [1.165, 1.54) is 11.5 Å². The average molecular weight is 172 g/mol. The van der Waals surface area contributed by atoms with E-state index in [1.807, 2.05) is 0 Å². The second kappa shape index (κ2) is 2.51. The maximum absolute atomic E-state index is 11.4. The maximum Gasteiger partial charge on any atom is 0.489 e. The van der Waals surface area contributed by atoms with E-state index in [-0.39, 0.29) is 0 Å². The van der Waals surface area contributed by atoms with Crippen molar-refractivity contribution in [2.24, 2.45) is 0 Å². The lowest BCUT2D eigenvalue weighted by Gasteiger charge is -2.01. The summed E-state index contributed by atoms with van der Waals surface area (Å²) in [6.07, 6.45) is 1.44. The summed E-state index contributed by atoms with van der Waals surface area (Å²) in [5.74, 6) is 3.44. The quantitative estimate of drug-likeness (QED) is 0.414. The Balaban J connectivity index is 3.21. The molecule has 2 N–H and O–H groups in total. The second-order valence-corrected chi connectivity index (χ2v) is 4.75. The highest BCUT2D eigenvalue weighted by Gasteiger charge is 2.23. The van der Waals surface area contributed by atoms with Gasteiger partial charge in [-0.25, -0.2) is 0 Å². The van der Waals surface area contributed by atoms with Crippen LogP contribution in [0.5, 0.6) is 0 Å². The van der Waals surface area contributed by atoms with Crippen LogP contribution in [0.1, 0.15) is 6.92 Å². The molecule has 0 saturated heterocycles. The number of allylic oxidation sites excluding steroid dienone is 3. The standard InChI is InChI=1S/C6H9BO3S/c1-5-6(7(8)9)3-4-11(5,2)10/h3-4,8-9H,2H2,1H3. The Bertz CT molecular complexity index is 324. The molecule has 0 radical (unpaired) electrons. The highest BCUT2D eigenvalue weighted by Crippen LogP contribution is 2.22. The fourth-order valence-electron chi connectivity index (χ4n) is 0.870. The third-order valence-electron chi connectivity index (χ3n) is 1.67. The first kappa shape index (κ1) is 8.58. The molecule has 1 atom stereocenters. The molecule has 0 aromatic heterocycles. The molecule has 0 fully saturated rings. The van der Waals surface area contributed by atoms with Gasteiger partial charge in [-0.2, -0.15) is 0 Å². The Labute approximate surface area is 66.2 Å². The van der Waals surface area contributed by atoms with Crippen molar-refractivity contribution in [1.82, 2.24) is 0 Å². The van der Waals surface area contributed by atoms with E-state index in [0.717, 1.165) is 0 Å². The van der Waals surface area contributed by atoms with E-state index < -0.39 is 16.6 Å². The molecular weight excluding hydrogens is 163 g/mol. The molecule has 1 unspecified atom stereocenters. The molecule has 1 aliphatic heterocycles. The number of rotatable bonds is 1. The van der Waals surface area contributed by atoms with Gasteiger partial charge >= 0.3 is 7.12 Å². The van der Waals surface area contributed by atoms with Gasteiger partial charge in [0.05, 0.1) is 0 Å². The second-order valence-electron chi connectivity index (χ2n) is 2.41. The van der Waals surface area contributed by atoms with Crippen LogP contribution in [0.25, 0.3) is 0 Å². The molecule has 0 amide bonds. The van der Waals surface area contributed by atoms with Crippen molar-refractivity contribution < 1.29 is 14.3 Å². The summed E-state index contributed by atoms with van der Waals surface area (Å²) in [5.41, 5.74) is 0.296. The van der Waals surface area contributed by atoms with Crippen molar-refractivity contribution in [3.05, 3.63) is 21.9 Å². The SMILES string of the molecule is C=S1(=O)C=CC(B(O)O)=C1C. The monoisotopic (exact) mass is 172 g/mol. The first-order valence-corrected chi connectivity index (χ1v) is 4.86. The molecule has 0 saturated carbocycles. The average Bonchev–Trinajstić information content (AvgIpc) is 2.09. The van der Waals surface area contributed by atoms with Gasteiger partial charge in [0.2, 0.25) is 0 Å². The molecule has 0 aliphatic carbocycles. The summed E-state index contributed by atoms with van der Waals surface area (Å²) in [7, 11) is -3.89. The first-order valence-electron chi connectivity index (χ1n) is 3.07. The van der Waals surface area contributed by atoms with Gasteiger partial charge < -0.3 is 10.0 Å². The van der Waals surface area contributed by atoms with Crippen LogP contribution in [0, 0.1) is 0 Å². The molecule has 60 valence electrons. The molecule has 0 aromatic carbocycles. The van der Waals surface area contributed by atoms with Crippen LogP contribution >= 0.6 is 0 Å². The Morgan fingerprint density at radius 3 is 2.36 bits per heavy atom.